The molecule has 25 rings (SSSR count). The van der Waals surface area contributed by atoms with Crippen LogP contribution in [-0.2, 0) is 5.41 Å². The first-order chi connectivity index (χ1) is 61.8. The first-order valence-electron chi connectivity index (χ1n) is 43.6. The summed E-state index contributed by atoms with van der Waals surface area (Å²) in [6.45, 7) is 4.74. The molecule has 0 nitrogen and oxygen atoms in total. The van der Waals surface area contributed by atoms with Gasteiger partial charge in [0.15, 0.2) is 0 Å². The second-order valence-corrected chi connectivity index (χ2v) is 33.9. The Morgan fingerprint density at radius 2 is 0.376 bits per heavy atom. The SMILES string of the molecule is CC1(C)c2ccccc2-c2ccc(-c3c4ccccc4c(-c4ccccc4)c4cc(-c5cccc6ccccc56)ccc34)cc21.c1ccc(-c2c3ccccc3c(-c3ccc4ccccc4c3)c3ccc(-c4cccc5ccccc45)cc23)cc1.c1ccc(-c2c3ccccc3c(-c3cccc4ccccc34)c3ccc(-c4cccc5ccccc45)cc23)cc1. The summed E-state index contributed by atoms with van der Waals surface area (Å²) in [5.41, 5.74) is 28.3. The number of hydrogen-bond acceptors (Lipinski definition) is 0. The molecule has 1 aliphatic rings. The zero-order valence-corrected chi connectivity index (χ0v) is 69.5. The third kappa shape index (κ3) is 12.8. The Hall–Kier alpha value is -15.9. The van der Waals surface area contributed by atoms with E-state index in [4.69, 9.17) is 0 Å². The molecule has 1 aliphatic carbocycles. The predicted octanol–water partition coefficient (Wildman–Crippen LogP) is 35.1. The van der Waals surface area contributed by atoms with Crippen LogP contribution < -0.4 is 0 Å². The van der Waals surface area contributed by atoms with Gasteiger partial charge in [-0.25, -0.2) is 0 Å². The Kier molecular flexibility index (Phi) is 18.4. The fourth-order valence-electron chi connectivity index (χ4n) is 20.8. The number of rotatable bonds is 9. The number of hydrogen-bond donors (Lipinski definition) is 0. The maximum Gasteiger partial charge on any atom is 0.0159 e. The molecule has 0 heteroatoms. The van der Waals surface area contributed by atoms with Crippen LogP contribution >= 0.6 is 0 Å². The van der Waals surface area contributed by atoms with Crippen LogP contribution in [0, 0.1) is 0 Å². The molecule has 584 valence electrons. The molecular formula is C125H84. The van der Waals surface area contributed by atoms with Crippen molar-refractivity contribution in [1.29, 1.82) is 0 Å². The summed E-state index contributed by atoms with van der Waals surface area (Å²) in [7, 11) is 0. The minimum atomic E-state index is -0.0565. The minimum absolute atomic E-state index is 0.0565. The van der Waals surface area contributed by atoms with Crippen molar-refractivity contribution in [2.75, 3.05) is 0 Å². The summed E-state index contributed by atoms with van der Waals surface area (Å²) in [5, 5.41) is 28.0. The normalized spacial score (nSPS) is 12.1. The molecule has 0 heterocycles. The van der Waals surface area contributed by atoms with Crippen molar-refractivity contribution < 1.29 is 0 Å². The topological polar surface area (TPSA) is 0 Å². The molecule has 0 fully saturated rings. The largest absolute Gasteiger partial charge is 0.0622 e. The molecule has 0 saturated heterocycles. The monoisotopic (exact) mass is 1580 g/mol. The Morgan fingerprint density at radius 3 is 0.784 bits per heavy atom. The van der Waals surface area contributed by atoms with Crippen LogP contribution in [0.15, 0.2) is 473 Å². The average molecular weight is 1590 g/mol. The van der Waals surface area contributed by atoms with E-state index in [2.05, 4.69) is 487 Å². The summed E-state index contributed by atoms with van der Waals surface area (Å²) in [6, 6.07) is 174. The van der Waals surface area contributed by atoms with Crippen molar-refractivity contribution >= 4 is 118 Å². The summed E-state index contributed by atoms with van der Waals surface area (Å²) in [6.07, 6.45) is 0. The van der Waals surface area contributed by atoms with E-state index in [9.17, 15) is 0 Å². The van der Waals surface area contributed by atoms with Crippen LogP contribution in [-0.4, -0.2) is 0 Å². The molecule has 0 aromatic heterocycles. The summed E-state index contributed by atoms with van der Waals surface area (Å²) in [4.78, 5) is 0. The third-order valence-corrected chi connectivity index (χ3v) is 26.5. The van der Waals surface area contributed by atoms with Gasteiger partial charge in [0.1, 0.15) is 0 Å². The van der Waals surface area contributed by atoms with Crippen molar-refractivity contribution in [2.24, 2.45) is 0 Å². The van der Waals surface area contributed by atoms with E-state index >= 15 is 0 Å². The molecule has 0 saturated carbocycles. The Balaban J connectivity index is 0.000000108. The van der Waals surface area contributed by atoms with Gasteiger partial charge >= 0.3 is 0 Å². The van der Waals surface area contributed by atoms with E-state index < -0.39 is 0 Å². The minimum Gasteiger partial charge on any atom is -0.0622 e. The Labute approximate surface area is 728 Å². The quantitative estimate of drug-likeness (QED) is 0.126. The lowest BCUT2D eigenvalue weighted by Crippen LogP contribution is -2.14. The Morgan fingerprint density at radius 1 is 0.120 bits per heavy atom. The number of benzene rings is 24. The standard InChI is InChI=1S/C45H32.2C40H26/c1-45(2)41-22-11-10-18-35(41)36-25-24-32(28-42(36)45)44-38-20-9-8-19-37(38)43(30-14-4-3-5-15-30)40-27-31(23-26-39(40)44)34-21-12-16-29-13-6-7-17-33(29)34;1-2-14-29(15-3-1)39-35-20-8-9-21-36(35)40(34-23-11-17-28-13-5-7-19-32(28)34)37-25-24-30(26-38(37)39)33-22-10-16-27-12-4-6-18-31(27)33;1-2-13-29(14-3-1)39-35-18-8-9-19-36(35)40(32-22-21-27-11-4-5-15-30(27)25-32)37-24-23-31(26-38(37)39)34-20-10-16-28-12-6-7-17-33(28)34/h3-28H,1-2H3;2*1-26H. The zero-order chi connectivity index (χ0) is 83.1. The van der Waals surface area contributed by atoms with Crippen molar-refractivity contribution in [3.05, 3.63) is 484 Å². The molecule has 0 amide bonds. The Bertz CT molecular complexity index is 8390. The van der Waals surface area contributed by atoms with Crippen LogP contribution in [0.4, 0.5) is 0 Å². The van der Waals surface area contributed by atoms with Gasteiger partial charge in [-0.3, -0.25) is 0 Å². The van der Waals surface area contributed by atoms with E-state index in [1.807, 2.05) is 0 Å². The lowest BCUT2D eigenvalue weighted by Gasteiger charge is -2.23. The molecule has 0 N–H and O–H groups in total. The van der Waals surface area contributed by atoms with Crippen molar-refractivity contribution in [2.45, 2.75) is 19.3 Å². The zero-order valence-electron chi connectivity index (χ0n) is 69.5. The lowest BCUT2D eigenvalue weighted by atomic mass is 9.80. The van der Waals surface area contributed by atoms with Crippen LogP contribution in [0.25, 0.3) is 230 Å². The van der Waals surface area contributed by atoms with Gasteiger partial charge in [0.05, 0.1) is 0 Å². The first kappa shape index (κ1) is 74.2. The van der Waals surface area contributed by atoms with Crippen LogP contribution in [0.1, 0.15) is 25.0 Å². The van der Waals surface area contributed by atoms with Gasteiger partial charge in [-0.1, -0.05) is 457 Å². The highest BCUT2D eigenvalue weighted by Gasteiger charge is 2.36. The molecule has 0 unspecified atom stereocenters. The van der Waals surface area contributed by atoms with Gasteiger partial charge in [0.25, 0.3) is 0 Å². The highest BCUT2D eigenvalue weighted by Crippen LogP contribution is 2.54. The van der Waals surface area contributed by atoms with Crippen molar-refractivity contribution in [1.82, 2.24) is 0 Å². The van der Waals surface area contributed by atoms with Crippen LogP contribution in [0.5, 0.6) is 0 Å². The van der Waals surface area contributed by atoms with Crippen LogP contribution in [0.2, 0.25) is 0 Å². The molecule has 125 heavy (non-hydrogen) atoms. The molecule has 24 aromatic carbocycles. The second-order valence-electron chi connectivity index (χ2n) is 33.9. The van der Waals surface area contributed by atoms with Crippen molar-refractivity contribution in [3.8, 4) is 111 Å². The van der Waals surface area contributed by atoms with Gasteiger partial charge in [-0.2, -0.15) is 0 Å². The average Bonchev–Trinajstić information content (AvgIpc) is 1.70. The molecule has 0 aliphatic heterocycles. The van der Waals surface area contributed by atoms with E-state index in [1.54, 1.807) is 0 Å². The van der Waals surface area contributed by atoms with Gasteiger partial charge in [-0.15, -0.1) is 0 Å². The molecule has 0 radical (unpaired) electrons. The van der Waals surface area contributed by atoms with E-state index in [-0.39, 0.29) is 5.41 Å². The van der Waals surface area contributed by atoms with E-state index in [0.717, 1.165) is 0 Å². The predicted molar refractivity (Wildman–Crippen MR) is 538 cm³/mol. The van der Waals surface area contributed by atoms with Gasteiger partial charge in [-0.05, 0) is 271 Å². The number of fused-ring (bicyclic) bond motifs is 14. The van der Waals surface area contributed by atoms with Gasteiger partial charge in [0.2, 0.25) is 0 Å². The molecule has 0 bridgehead atoms. The van der Waals surface area contributed by atoms with Crippen LogP contribution in [0.3, 0.4) is 0 Å². The summed E-state index contributed by atoms with van der Waals surface area (Å²) >= 11 is 0. The summed E-state index contributed by atoms with van der Waals surface area (Å²) in [5.74, 6) is 0. The summed E-state index contributed by atoms with van der Waals surface area (Å²) < 4.78 is 0. The molecule has 24 aromatic rings. The highest BCUT2D eigenvalue weighted by atomic mass is 14.4. The second kappa shape index (κ2) is 31.0. The first-order valence-corrected chi connectivity index (χ1v) is 43.6. The fourth-order valence-corrected chi connectivity index (χ4v) is 20.8. The fraction of sp³-hybridized carbons (Fsp3) is 0.0240. The molecule has 0 atom stereocenters. The van der Waals surface area contributed by atoms with Gasteiger partial charge < -0.3 is 0 Å². The van der Waals surface area contributed by atoms with Gasteiger partial charge in [0, 0.05) is 5.41 Å². The molecular weight excluding hydrogens is 1500 g/mol. The highest BCUT2D eigenvalue weighted by molar-refractivity contribution is 6.27. The smallest absolute Gasteiger partial charge is 0.0159 e. The van der Waals surface area contributed by atoms with E-state index in [0.29, 0.717) is 0 Å². The van der Waals surface area contributed by atoms with Crippen molar-refractivity contribution in [3.63, 3.8) is 0 Å². The molecule has 0 spiro atoms. The lowest BCUT2D eigenvalue weighted by molar-refractivity contribution is 0.660. The third-order valence-electron chi connectivity index (χ3n) is 26.5. The van der Waals surface area contributed by atoms with E-state index in [1.165, 1.54) is 241 Å². The maximum absolute atomic E-state index is 2.47. The maximum atomic E-state index is 2.47.